The monoisotopic (exact) mass is 312 g/mol. The number of nitrogens with two attached hydrogens (primary N) is 1. The minimum Gasteiger partial charge on any atom is -0.490 e. The number of hydrogen-bond donors (Lipinski definition) is 1. The van der Waals surface area contributed by atoms with Gasteiger partial charge in [0, 0.05) is 23.5 Å². The van der Waals surface area contributed by atoms with Crippen molar-refractivity contribution in [2.24, 2.45) is 0 Å². The molecule has 7 nitrogen and oxygen atoms in total. The molecule has 3 aromatic rings. The molecule has 0 saturated heterocycles. The summed E-state index contributed by atoms with van der Waals surface area (Å²) < 4.78 is 16.7. The fraction of sp³-hybridized carbons (Fsp3) is 0.188. The van der Waals surface area contributed by atoms with E-state index in [1.54, 1.807) is 24.5 Å². The summed E-state index contributed by atoms with van der Waals surface area (Å²) in [6.45, 7) is 2.82. The van der Waals surface area contributed by atoms with Crippen molar-refractivity contribution in [1.82, 2.24) is 15.2 Å². The number of anilines is 1. The van der Waals surface area contributed by atoms with Crippen molar-refractivity contribution in [3.05, 3.63) is 48.3 Å². The minimum atomic E-state index is 0.0230. The molecule has 0 spiro atoms. The molecule has 0 radical (unpaired) electrons. The second kappa shape index (κ2) is 6.78. The predicted octanol–water partition coefficient (Wildman–Crippen LogP) is 2.69. The molecule has 2 heterocycles. The maximum atomic E-state index is 5.82. The molecule has 7 heteroatoms. The van der Waals surface area contributed by atoms with Gasteiger partial charge in [-0.25, -0.2) is 0 Å². The Morgan fingerprint density at radius 3 is 2.74 bits per heavy atom. The molecule has 0 atom stereocenters. The van der Waals surface area contributed by atoms with E-state index in [9.17, 15) is 0 Å². The van der Waals surface area contributed by atoms with Crippen molar-refractivity contribution in [2.45, 2.75) is 13.5 Å². The summed E-state index contributed by atoms with van der Waals surface area (Å²) in [7, 11) is 0. The van der Waals surface area contributed by atoms with E-state index in [0.717, 1.165) is 5.56 Å². The molecule has 2 N–H and O–H groups in total. The summed E-state index contributed by atoms with van der Waals surface area (Å²) in [6.07, 6.45) is 3.48. The molecule has 0 amide bonds. The van der Waals surface area contributed by atoms with E-state index in [1.807, 2.05) is 25.1 Å². The number of ether oxygens (including phenoxy) is 2. The lowest BCUT2D eigenvalue weighted by Gasteiger charge is -2.12. The highest BCUT2D eigenvalue weighted by atomic mass is 16.5. The van der Waals surface area contributed by atoms with Crippen LogP contribution in [0.5, 0.6) is 11.5 Å². The van der Waals surface area contributed by atoms with Crippen molar-refractivity contribution in [3.63, 3.8) is 0 Å². The lowest BCUT2D eigenvalue weighted by atomic mass is 10.2. The highest BCUT2D eigenvalue weighted by molar-refractivity contribution is 5.60. The van der Waals surface area contributed by atoms with Crippen LogP contribution in [-0.4, -0.2) is 21.8 Å². The maximum absolute atomic E-state index is 5.82. The summed E-state index contributed by atoms with van der Waals surface area (Å²) in [4.78, 5) is 4.06. The van der Waals surface area contributed by atoms with Crippen molar-refractivity contribution in [1.29, 1.82) is 0 Å². The van der Waals surface area contributed by atoms with Gasteiger partial charge < -0.3 is 19.6 Å². The van der Waals surface area contributed by atoms with Crippen LogP contribution in [0.25, 0.3) is 11.5 Å². The van der Waals surface area contributed by atoms with Gasteiger partial charge in [0.1, 0.15) is 6.61 Å². The van der Waals surface area contributed by atoms with E-state index in [2.05, 4.69) is 15.2 Å². The Morgan fingerprint density at radius 2 is 2.04 bits per heavy atom. The topological polar surface area (TPSA) is 96.3 Å². The van der Waals surface area contributed by atoms with Gasteiger partial charge in [-0.1, -0.05) is 11.2 Å². The first-order valence-electron chi connectivity index (χ1n) is 7.14. The molecule has 0 fully saturated rings. The average Bonchev–Trinajstić information content (AvgIpc) is 3.01. The van der Waals surface area contributed by atoms with Crippen LogP contribution < -0.4 is 15.2 Å². The van der Waals surface area contributed by atoms with Gasteiger partial charge in [0.2, 0.25) is 5.89 Å². The normalized spacial score (nSPS) is 10.5. The number of benzene rings is 1. The smallest absolute Gasteiger partial charge is 0.313 e. The van der Waals surface area contributed by atoms with Crippen LogP contribution in [0.4, 0.5) is 6.01 Å². The zero-order chi connectivity index (χ0) is 16.1. The van der Waals surface area contributed by atoms with E-state index in [0.29, 0.717) is 36.2 Å². The van der Waals surface area contributed by atoms with Gasteiger partial charge in [0.25, 0.3) is 0 Å². The van der Waals surface area contributed by atoms with Crippen LogP contribution in [0, 0.1) is 0 Å². The van der Waals surface area contributed by atoms with Gasteiger partial charge in [0.15, 0.2) is 11.5 Å². The third-order valence-electron chi connectivity index (χ3n) is 3.05. The minimum absolute atomic E-state index is 0.0230. The van der Waals surface area contributed by atoms with Crippen LogP contribution in [0.2, 0.25) is 0 Å². The van der Waals surface area contributed by atoms with Crippen molar-refractivity contribution < 1.29 is 13.9 Å². The first-order valence-corrected chi connectivity index (χ1v) is 7.14. The number of pyridine rings is 1. The van der Waals surface area contributed by atoms with Crippen molar-refractivity contribution >= 4 is 6.01 Å². The molecule has 0 saturated carbocycles. The predicted molar refractivity (Wildman–Crippen MR) is 83.9 cm³/mol. The number of nitrogen functional groups attached to an aromatic ring is 1. The Labute approximate surface area is 133 Å². The second-order valence-corrected chi connectivity index (χ2v) is 4.69. The van der Waals surface area contributed by atoms with E-state index in [1.165, 1.54) is 0 Å². The van der Waals surface area contributed by atoms with Crippen molar-refractivity contribution in [3.8, 4) is 23.0 Å². The van der Waals surface area contributed by atoms with Gasteiger partial charge in [-0.3, -0.25) is 4.98 Å². The standard InChI is InChI=1S/C16H16N4O3/c1-2-21-14-8-12(15-19-20-16(17)23-15)5-6-13(14)22-10-11-4-3-7-18-9-11/h3-9H,2,10H2,1H3,(H2,17,20). The SMILES string of the molecule is CCOc1cc(-c2nnc(N)o2)ccc1OCc1cccnc1. The summed E-state index contributed by atoms with van der Waals surface area (Å²) in [5.74, 6) is 1.57. The maximum Gasteiger partial charge on any atom is 0.313 e. The first kappa shape index (κ1) is 14.8. The van der Waals surface area contributed by atoms with Crippen LogP contribution >= 0.6 is 0 Å². The van der Waals surface area contributed by atoms with Crippen LogP contribution in [0.15, 0.2) is 47.1 Å². The molecular weight excluding hydrogens is 296 g/mol. The average molecular weight is 312 g/mol. The zero-order valence-corrected chi connectivity index (χ0v) is 12.6. The molecule has 3 rings (SSSR count). The molecule has 0 aliphatic carbocycles. The third kappa shape index (κ3) is 3.57. The molecule has 118 valence electrons. The zero-order valence-electron chi connectivity index (χ0n) is 12.6. The van der Waals surface area contributed by atoms with Gasteiger partial charge in [0.05, 0.1) is 6.61 Å². The quantitative estimate of drug-likeness (QED) is 0.747. The summed E-state index contributed by atoms with van der Waals surface area (Å²) in [5, 5.41) is 7.51. The van der Waals surface area contributed by atoms with Gasteiger partial charge in [-0.2, -0.15) is 0 Å². The fourth-order valence-corrected chi connectivity index (χ4v) is 2.02. The third-order valence-corrected chi connectivity index (χ3v) is 3.05. The van der Waals surface area contributed by atoms with E-state index < -0.39 is 0 Å². The number of aromatic nitrogens is 3. The summed E-state index contributed by atoms with van der Waals surface area (Å²) >= 11 is 0. The molecule has 2 aromatic heterocycles. The van der Waals surface area contributed by atoms with Gasteiger partial charge in [-0.05, 0) is 31.2 Å². The lowest BCUT2D eigenvalue weighted by molar-refractivity contribution is 0.269. The largest absolute Gasteiger partial charge is 0.490 e. The molecule has 0 aliphatic rings. The Balaban J connectivity index is 1.82. The van der Waals surface area contributed by atoms with E-state index in [-0.39, 0.29) is 6.01 Å². The van der Waals surface area contributed by atoms with E-state index >= 15 is 0 Å². The summed E-state index contributed by atoms with van der Waals surface area (Å²) in [5.41, 5.74) is 7.14. The number of rotatable bonds is 6. The van der Waals surface area contributed by atoms with Crippen LogP contribution in [0.3, 0.4) is 0 Å². The Bertz CT molecular complexity index is 774. The molecule has 23 heavy (non-hydrogen) atoms. The molecular formula is C16H16N4O3. The second-order valence-electron chi connectivity index (χ2n) is 4.69. The first-order chi connectivity index (χ1) is 11.3. The Morgan fingerprint density at radius 1 is 1.13 bits per heavy atom. The highest BCUT2D eigenvalue weighted by Gasteiger charge is 2.12. The number of nitrogens with zero attached hydrogens (tertiary/aromatic N) is 3. The van der Waals surface area contributed by atoms with E-state index in [4.69, 9.17) is 19.6 Å². The fourth-order valence-electron chi connectivity index (χ4n) is 2.02. The summed E-state index contributed by atoms with van der Waals surface area (Å²) in [6, 6.07) is 9.24. The molecule has 0 unspecified atom stereocenters. The molecule has 1 aromatic carbocycles. The van der Waals surface area contributed by atoms with Crippen LogP contribution in [-0.2, 0) is 6.61 Å². The Kier molecular flexibility index (Phi) is 4.37. The van der Waals surface area contributed by atoms with Crippen LogP contribution in [0.1, 0.15) is 12.5 Å². The van der Waals surface area contributed by atoms with Gasteiger partial charge in [-0.15, -0.1) is 5.10 Å². The van der Waals surface area contributed by atoms with Crippen molar-refractivity contribution in [2.75, 3.05) is 12.3 Å². The molecule has 0 bridgehead atoms. The molecule has 0 aliphatic heterocycles. The number of hydrogen-bond acceptors (Lipinski definition) is 7. The van der Waals surface area contributed by atoms with Gasteiger partial charge >= 0.3 is 6.01 Å². The Hall–Kier alpha value is -3.09. The lowest BCUT2D eigenvalue weighted by Crippen LogP contribution is -2.00. The highest BCUT2D eigenvalue weighted by Crippen LogP contribution is 2.33.